The quantitative estimate of drug-likeness (QED) is 0.719. The van der Waals surface area contributed by atoms with Gasteiger partial charge in [-0.15, -0.1) is 12.4 Å². The minimum Gasteiger partial charge on any atom is -0.381 e. The Bertz CT molecular complexity index is 278. The second kappa shape index (κ2) is 6.00. The first-order chi connectivity index (χ1) is 6.43. The smallest absolute Gasteiger partial charge is 0.214 e. The van der Waals surface area contributed by atoms with Gasteiger partial charge in [-0.05, 0) is 19.8 Å². The van der Waals surface area contributed by atoms with Crippen LogP contribution in [0.2, 0.25) is 0 Å². The van der Waals surface area contributed by atoms with Gasteiger partial charge in [-0.1, -0.05) is 0 Å². The molecule has 92 valence electrons. The number of ether oxygens (including phenoxy) is 1. The van der Waals surface area contributed by atoms with Gasteiger partial charge in [0.15, 0.2) is 0 Å². The highest BCUT2D eigenvalue weighted by Crippen LogP contribution is 2.18. The molecular weight excluding hydrogens is 240 g/mol. The average Bonchev–Trinajstić information content (AvgIpc) is 2.00. The molecule has 1 aliphatic rings. The van der Waals surface area contributed by atoms with Crippen molar-refractivity contribution in [1.29, 1.82) is 0 Å². The van der Waals surface area contributed by atoms with Crippen LogP contribution in [0, 0.1) is 0 Å². The summed E-state index contributed by atoms with van der Waals surface area (Å²) in [4.78, 5) is 0. The molecule has 1 rings (SSSR count). The molecule has 0 aromatic heterocycles. The number of nitrogens with two attached hydrogens (primary N) is 1. The minimum atomic E-state index is -3.21. The van der Waals surface area contributed by atoms with Crippen molar-refractivity contribution >= 4 is 22.4 Å². The molecule has 0 aromatic rings. The van der Waals surface area contributed by atoms with Gasteiger partial charge in [-0.3, -0.25) is 0 Å². The fourth-order valence-corrected chi connectivity index (χ4v) is 2.99. The van der Waals surface area contributed by atoms with E-state index >= 15 is 0 Å². The van der Waals surface area contributed by atoms with Crippen molar-refractivity contribution in [1.82, 2.24) is 4.72 Å². The molecule has 0 aromatic carbocycles. The van der Waals surface area contributed by atoms with Gasteiger partial charge in [0.05, 0.1) is 11.9 Å². The van der Waals surface area contributed by atoms with Crippen molar-refractivity contribution < 1.29 is 13.2 Å². The zero-order chi connectivity index (χ0) is 10.8. The molecule has 0 heterocycles. The van der Waals surface area contributed by atoms with Crippen LogP contribution < -0.4 is 10.5 Å². The van der Waals surface area contributed by atoms with Gasteiger partial charge >= 0.3 is 0 Å². The lowest BCUT2D eigenvalue weighted by molar-refractivity contribution is 0.136. The van der Waals surface area contributed by atoms with Gasteiger partial charge in [0, 0.05) is 19.2 Å². The van der Waals surface area contributed by atoms with Crippen molar-refractivity contribution in [3.05, 3.63) is 0 Å². The van der Waals surface area contributed by atoms with Gasteiger partial charge in [0.2, 0.25) is 10.0 Å². The molecule has 0 saturated heterocycles. The maximum atomic E-state index is 11.5. The average molecular weight is 259 g/mol. The monoisotopic (exact) mass is 258 g/mol. The SMILES string of the molecule is COC(C)CS(=O)(=O)NC1CC(N)C1.Cl. The maximum Gasteiger partial charge on any atom is 0.214 e. The van der Waals surface area contributed by atoms with Crippen LogP contribution in [0.1, 0.15) is 19.8 Å². The normalized spacial score (nSPS) is 27.7. The Morgan fingerprint density at radius 3 is 2.47 bits per heavy atom. The lowest BCUT2D eigenvalue weighted by Gasteiger charge is -2.32. The molecule has 7 heteroatoms. The lowest BCUT2D eigenvalue weighted by Crippen LogP contribution is -2.51. The Morgan fingerprint density at radius 1 is 1.53 bits per heavy atom. The number of hydrogen-bond donors (Lipinski definition) is 2. The number of rotatable bonds is 5. The summed E-state index contributed by atoms with van der Waals surface area (Å²) in [5.74, 6) is 0.00916. The molecule has 0 spiro atoms. The van der Waals surface area contributed by atoms with Crippen molar-refractivity contribution in [3.8, 4) is 0 Å². The van der Waals surface area contributed by atoms with Crippen LogP contribution in [-0.2, 0) is 14.8 Å². The van der Waals surface area contributed by atoms with E-state index in [0.717, 1.165) is 12.8 Å². The Kier molecular flexibility index (Phi) is 6.05. The molecule has 1 saturated carbocycles. The lowest BCUT2D eigenvalue weighted by atomic mass is 9.89. The Hall–Kier alpha value is 0.120. The molecule has 3 N–H and O–H groups in total. The van der Waals surface area contributed by atoms with E-state index in [2.05, 4.69) is 4.72 Å². The Morgan fingerprint density at radius 2 is 2.07 bits per heavy atom. The van der Waals surface area contributed by atoms with E-state index in [4.69, 9.17) is 10.5 Å². The van der Waals surface area contributed by atoms with Crippen LogP contribution in [0.4, 0.5) is 0 Å². The van der Waals surface area contributed by atoms with Crippen molar-refractivity contribution in [2.24, 2.45) is 5.73 Å². The van der Waals surface area contributed by atoms with E-state index < -0.39 is 10.0 Å². The number of hydrogen-bond acceptors (Lipinski definition) is 4. The number of nitrogens with one attached hydrogen (secondary N) is 1. The summed E-state index contributed by atoms with van der Waals surface area (Å²) in [5, 5.41) is 0. The van der Waals surface area contributed by atoms with E-state index in [1.54, 1.807) is 6.92 Å². The molecule has 1 unspecified atom stereocenters. The third kappa shape index (κ3) is 5.12. The first kappa shape index (κ1) is 15.1. The highest BCUT2D eigenvalue weighted by atomic mass is 35.5. The second-order valence-electron chi connectivity index (χ2n) is 3.87. The molecule has 0 bridgehead atoms. The van der Waals surface area contributed by atoms with Gasteiger partial charge in [0.1, 0.15) is 0 Å². The maximum absolute atomic E-state index is 11.5. The summed E-state index contributed by atoms with van der Waals surface area (Å²) in [7, 11) is -1.71. The summed E-state index contributed by atoms with van der Waals surface area (Å²) in [6.45, 7) is 1.73. The molecule has 1 atom stereocenters. The first-order valence-corrected chi connectivity index (χ1v) is 6.36. The number of sulfonamides is 1. The van der Waals surface area contributed by atoms with Crippen LogP contribution in [0.3, 0.4) is 0 Å². The van der Waals surface area contributed by atoms with Crippen LogP contribution in [0.25, 0.3) is 0 Å². The van der Waals surface area contributed by atoms with Crippen LogP contribution in [0.15, 0.2) is 0 Å². The summed E-state index contributed by atoms with van der Waals surface area (Å²) in [6, 6.07) is 0.182. The zero-order valence-electron chi connectivity index (χ0n) is 8.97. The number of methoxy groups -OCH3 is 1. The fraction of sp³-hybridized carbons (Fsp3) is 1.00. The van der Waals surface area contributed by atoms with Crippen molar-refractivity contribution in [2.45, 2.75) is 38.0 Å². The van der Waals surface area contributed by atoms with Gasteiger partial charge in [-0.25, -0.2) is 13.1 Å². The van der Waals surface area contributed by atoms with E-state index in [9.17, 15) is 8.42 Å². The third-order valence-electron chi connectivity index (χ3n) is 2.38. The molecule has 1 fully saturated rings. The summed E-state index contributed by atoms with van der Waals surface area (Å²) in [6.07, 6.45) is 1.20. The zero-order valence-corrected chi connectivity index (χ0v) is 10.6. The highest BCUT2D eigenvalue weighted by Gasteiger charge is 2.30. The van der Waals surface area contributed by atoms with E-state index in [1.165, 1.54) is 7.11 Å². The minimum absolute atomic E-state index is 0. The summed E-state index contributed by atoms with van der Waals surface area (Å²) < 4.78 is 30.5. The van der Waals surface area contributed by atoms with Gasteiger partial charge < -0.3 is 10.5 Å². The van der Waals surface area contributed by atoms with E-state index in [-0.39, 0.29) is 36.3 Å². The fourth-order valence-electron chi connectivity index (χ4n) is 1.44. The van der Waals surface area contributed by atoms with Crippen molar-refractivity contribution in [3.63, 3.8) is 0 Å². The summed E-state index contributed by atoms with van der Waals surface area (Å²) in [5.41, 5.74) is 5.56. The number of halogens is 1. The highest BCUT2D eigenvalue weighted by molar-refractivity contribution is 7.89. The second-order valence-corrected chi connectivity index (χ2v) is 5.67. The van der Waals surface area contributed by atoms with Crippen LogP contribution >= 0.6 is 12.4 Å². The first-order valence-electron chi connectivity index (χ1n) is 4.71. The molecule has 0 aliphatic heterocycles. The molecule has 5 nitrogen and oxygen atoms in total. The van der Waals surface area contributed by atoms with E-state index in [1.807, 2.05) is 0 Å². The van der Waals surface area contributed by atoms with Gasteiger partial charge in [-0.2, -0.15) is 0 Å². The summed E-state index contributed by atoms with van der Waals surface area (Å²) >= 11 is 0. The molecular formula is C8H19ClN2O3S. The topological polar surface area (TPSA) is 81.4 Å². The predicted octanol–water partition coefficient (Wildman–Crippen LogP) is -0.148. The van der Waals surface area contributed by atoms with Gasteiger partial charge in [0.25, 0.3) is 0 Å². The predicted molar refractivity (Wildman–Crippen MR) is 61.6 cm³/mol. The molecule has 15 heavy (non-hydrogen) atoms. The Labute approximate surface area is 97.2 Å². The van der Waals surface area contributed by atoms with Crippen molar-refractivity contribution in [2.75, 3.05) is 12.9 Å². The van der Waals surface area contributed by atoms with Crippen LogP contribution in [0.5, 0.6) is 0 Å². The third-order valence-corrected chi connectivity index (χ3v) is 3.98. The molecule has 0 amide bonds. The largest absolute Gasteiger partial charge is 0.381 e. The van der Waals surface area contributed by atoms with Crippen LogP contribution in [-0.4, -0.2) is 39.5 Å². The molecule has 1 aliphatic carbocycles. The van der Waals surface area contributed by atoms with E-state index in [0.29, 0.717) is 0 Å². The molecule has 0 radical (unpaired) electrons. The standard InChI is InChI=1S/C8H18N2O3S.ClH/c1-6(13-2)5-14(11,12)10-8-3-7(9)4-8;/h6-8,10H,3-5,9H2,1-2H3;1H. The Balaban J connectivity index is 0.00000196.